The molecule has 1 saturated heterocycles. The van der Waals surface area contributed by atoms with Gasteiger partial charge in [-0.2, -0.15) is 0 Å². The summed E-state index contributed by atoms with van der Waals surface area (Å²) in [6.45, 7) is 3.16. The van der Waals surface area contributed by atoms with E-state index in [2.05, 4.69) is 10.6 Å². The Hall–Kier alpha value is -0.570. The largest absolute Gasteiger partial charge is 0.356 e. The van der Waals surface area contributed by atoms with E-state index in [-0.39, 0.29) is 5.91 Å². The second kappa shape index (κ2) is 4.78. The summed E-state index contributed by atoms with van der Waals surface area (Å²) in [6.07, 6.45) is 5.71. The molecular weight excluding hydrogens is 176 g/mol. The van der Waals surface area contributed by atoms with E-state index in [9.17, 15) is 4.79 Å². The van der Waals surface area contributed by atoms with Gasteiger partial charge >= 0.3 is 0 Å². The molecule has 0 aromatic heterocycles. The van der Waals surface area contributed by atoms with E-state index in [0.29, 0.717) is 5.92 Å². The first-order chi connectivity index (χ1) is 6.84. The SMILES string of the molecule is O=C(CC1CC1)NCCC1CCNC1. The smallest absolute Gasteiger partial charge is 0.220 e. The quantitative estimate of drug-likeness (QED) is 0.686. The Morgan fingerprint density at radius 1 is 1.29 bits per heavy atom. The van der Waals surface area contributed by atoms with Crippen LogP contribution in [0.3, 0.4) is 0 Å². The molecule has 1 amide bonds. The highest BCUT2D eigenvalue weighted by molar-refractivity contribution is 5.76. The number of amides is 1. The van der Waals surface area contributed by atoms with Gasteiger partial charge in [-0.05, 0) is 50.6 Å². The van der Waals surface area contributed by atoms with Gasteiger partial charge in [0, 0.05) is 13.0 Å². The van der Waals surface area contributed by atoms with Crippen molar-refractivity contribution >= 4 is 5.91 Å². The summed E-state index contributed by atoms with van der Waals surface area (Å²) in [6, 6.07) is 0. The van der Waals surface area contributed by atoms with Gasteiger partial charge < -0.3 is 10.6 Å². The maximum atomic E-state index is 11.3. The van der Waals surface area contributed by atoms with Crippen molar-refractivity contribution < 1.29 is 4.79 Å². The molecule has 0 aromatic rings. The summed E-state index contributed by atoms with van der Waals surface area (Å²) in [5.41, 5.74) is 0. The van der Waals surface area contributed by atoms with Crippen LogP contribution in [0.2, 0.25) is 0 Å². The molecule has 3 heteroatoms. The van der Waals surface area contributed by atoms with Crippen LogP contribution < -0.4 is 10.6 Å². The summed E-state index contributed by atoms with van der Waals surface area (Å²) >= 11 is 0. The van der Waals surface area contributed by atoms with E-state index in [1.165, 1.54) is 19.3 Å². The van der Waals surface area contributed by atoms with Crippen molar-refractivity contribution in [1.29, 1.82) is 0 Å². The number of rotatable bonds is 5. The molecule has 2 rings (SSSR count). The lowest BCUT2D eigenvalue weighted by Crippen LogP contribution is -2.26. The Morgan fingerprint density at radius 2 is 2.14 bits per heavy atom. The van der Waals surface area contributed by atoms with Gasteiger partial charge in [-0.1, -0.05) is 0 Å². The number of carbonyl (C=O) groups excluding carboxylic acids is 1. The van der Waals surface area contributed by atoms with Crippen LogP contribution in [0.15, 0.2) is 0 Å². The molecule has 0 bridgehead atoms. The van der Waals surface area contributed by atoms with Crippen molar-refractivity contribution in [3.05, 3.63) is 0 Å². The first-order valence-corrected chi connectivity index (χ1v) is 5.82. The third-order valence-corrected chi connectivity index (χ3v) is 3.21. The first kappa shape index (κ1) is 9.97. The van der Waals surface area contributed by atoms with E-state index < -0.39 is 0 Å². The zero-order valence-corrected chi connectivity index (χ0v) is 8.72. The van der Waals surface area contributed by atoms with Crippen LogP contribution in [0, 0.1) is 11.8 Å². The molecule has 2 N–H and O–H groups in total. The summed E-state index contributed by atoms with van der Waals surface area (Å²) in [5, 5.41) is 6.35. The molecular formula is C11H20N2O. The van der Waals surface area contributed by atoms with E-state index >= 15 is 0 Å². The molecule has 2 fully saturated rings. The summed E-state index contributed by atoms with van der Waals surface area (Å²) in [5.74, 6) is 1.76. The molecule has 0 spiro atoms. The molecule has 14 heavy (non-hydrogen) atoms. The molecule has 1 aliphatic heterocycles. The fourth-order valence-electron chi connectivity index (χ4n) is 2.03. The van der Waals surface area contributed by atoms with Crippen LogP contribution in [0.5, 0.6) is 0 Å². The lowest BCUT2D eigenvalue weighted by molar-refractivity contribution is -0.121. The van der Waals surface area contributed by atoms with Gasteiger partial charge in [0.1, 0.15) is 0 Å². The van der Waals surface area contributed by atoms with Gasteiger partial charge in [0.05, 0.1) is 0 Å². The second-order valence-electron chi connectivity index (χ2n) is 4.64. The van der Waals surface area contributed by atoms with Crippen LogP contribution in [-0.4, -0.2) is 25.5 Å². The third-order valence-electron chi connectivity index (χ3n) is 3.21. The van der Waals surface area contributed by atoms with Gasteiger partial charge in [-0.15, -0.1) is 0 Å². The minimum atomic E-state index is 0.262. The Labute approximate surface area is 85.6 Å². The average molecular weight is 196 g/mol. The number of nitrogens with one attached hydrogen (secondary N) is 2. The zero-order chi connectivity index (χ0) is 9.80. The molecule has 2 aliphatic rings. The maximum Gasteiger partial charge on any atom is 0.220 e. The van der Waals surface area contributed by atoms with Crippen molar-refractivity contribution in [1.82, 2.24) is 10.6 Å². The molecule has 0 radical (unpaired) electrons. The van der Waals surface area contributed by atoms with Gasteiger partial charge in [0.2, 0.25) is 5.91 Å². The first-order valence-electron chi connectivity index (χ1n) is 5.82. The highest BCUT2D eigenvalue weighted by atomic mass is 16.1. The van der Waals surface area contributed by atoms with Crippen LogP contribution in [-0.2, 0) is 4.79 Å². The van der Waals surface area contributed by atoms with Crippen LogP contribution >= 0.6 is 0 Å². The predicted octanol–water partition coefficient (Wildman–Crippen LogP) is 0.902. The fraction of sp³-hybridized carbons (Fsp3) is 0.909. The van der Waals surface area contributed by atoms with Crippen LogP contribution in [0.25, 0.3) is 0 Å². The normalized spacial score (nSPS) is 26.4. The second-order valence-corrected chi connectivity index (χ2v) is 4.64. The predicted molar refractivity (Wildman–Crippen MR) is 55.9 cm³/mol. The number of carbonyl (C=O) groups is 1. The number of hydrogen-bond acceptors (Lipinski definition) is 2. The summed E-state index contributed by atoms with van der Waals surface area (Å²) in [4.78, 5) is 11.3. The maximum absolute atomic E-state index is 11.3. The van der Waals surface area contributed by atoms with Crippen molar-refractivity contribution in [3.63, 3.8) is 0 Å². The fourth-order valence-corrected chi connectivity index (χ4v) is 2.03. The standard InChI is InChI=1S/C11H20N2O/c14-11(7-9-1-2-9)13-6-4-10-3-5-12-8-10/h9-10,12H,1-8H2,(H,13,14). The Kier molecular flexibility index (Phi) is 3.40. The Bertz CT molecular complexity index is 195. The summed E-state index contributed by atoms with van der Waals surface area (Å²) in [7, 11) is 0. The van der Waals surface area contributed by atoms with Gasteiger partial charge in [0.25, 0.3) is 0 Å². The molecule has 1 unspecified atom stereocenters. The van der Waals surface area contributed by atoms with Crippen LogP contribution in [0.4, 0.5) is 0 Å². The van der Waals surface area contributed by atoms with Crippen molar-refractivity contribution in [2.75, 3.05) is 19.6 Å². The van der Waals surface area contributed by atoms with Gasteiger partial charge in [-0.25, -0.2) is 0 Å². The molecule has 80 valence electrons. The molecule has 1 heterocycles. The van der Waals surface area contributed by atoms with Crippen LogP contribution in [0.1, 0.15) is 32.1 Å². The Morgan fingerprint density at radius 3 is 2.79 bits per heavy atom. The highest BCUT2D eigenvalue weighted by Crippen LogP contribution is 2.32. The lowest BCUT2D eigenvalue weighted by Gasteiger charge is -2.08. The Balaban J connectivity index is 1.50. The number of hydrogen-bond donors (Lipinski definition) is 2. The van der Waals surface area contributed by atoms with E-state index in [1.54, 1.807) is 0 Å². The zero-order valence-electron chi connectivity index (χ0n) is 8.72. The highest BCUT2D eigenvalue weighted by Gasteiger charge is 2.24. The van der Waals surface area contributed by atoms with E-state index in [4.69, 9.17) is 0 Å². The van der Waals surface area contributed by atoms with Crippen molar-refractivity contribution in [2.24, 2.45) is 11.8 Å². The third kappa shape index (κ3) is 3.29. The molecule has 1 atom stereocenters. The molecule has 1 saturated carbocycles. The van der Waals surface area contributed by atoms with Crippen molar-refractivity contribution in [3.8, 4) is 0 Å². The van der Waals surface area contributed by atoms with Crippen molar-refractivity contribution in [2.45, 2.75) is 32.1 Å². The average Bonchev–Trinajstić information content (AvgIpc) is 2.82. The summed E-state index contributed by atoms with van der Waals surface area (Å²) < 4.78 is 0. The topological polar surface area (TPSA) is 41.1 Å². The van der Waals surface area contributed by atoms with E-state index in [0.717, 1.165) is 38.4 Å². The minimum Gasteiger partial charge on any atom is -0.356 e. The molecule has 0 aromatic carbocycles. The van der Waals surface area contributed by atoms with E-state index in [1.807, 2.05) is 0 Å². The lowest BCUT2D eigenvalue weighted by atomic mass is 10.1. The van der Waals surface area contributed by atoms with Gasteiger partial charge in [0.15, 0.2) is 0 Å². The molecule has 3 nitrogen and oxygen atoms in total. The monoisotopic (exact) mass is 196 g/mol. The minimum absolute atomic E-state index is 0.262. The molecule has 1 aliphatic carbocycles. The van der Waals surface area contributed by atoms with Gasteiger partial charge in [-0.3, -0.25) is 4.79 Å².